The van der Waals surface area contributed by atoms with Crippen LogP contribution in [0.1, 0.15) is 38.1 Å². The molecule has 1 aromatic carbocycles. The van der Waals surface area contributed by atoms with Gasteiger partial charge in [0.15, 0.2) is 5.78 Å². The Balaban J connectivity index is 2.74. The zero-order valence-electron chi connectivity index (χ0n) is 10.9. The number of hydrogen-bond donors (Lipinski definition) is 0. The summed E-state index contributed by atoms with van der Waals surface area (Å²) < 4.78 is 12.7. The highest BCUT2D eigenvalue weighted by molar-refractivity contribution is 5.97. The van der Waals surface area contributed by atoms with E-state index in [0.717, 1.165) is 0 Å². The molecule has 17 heavy (non-hydrogen) atoms. The van der Waals surface area contributed by atoms with Crippen LogP contribution < -0.4 is 0 Å². The molecule has 1 aromatic rings. The van der Waals surface area contributed by atoms with Gasteiger partial charge in [0, 0.05) is 17.6 Å². The van der Waals surface area contributed by atoms with Gasteiger partial charge in [0.05, 0.1) is 6.54 Å². The number of Topliss-reactive ketones (excluding diaryl/α,β-unsaturated/α-hetero) is 1. The Labute approximate surface area is 102 Å². The molecule has 0 aliphatic rings. The van der Waals surface area contributed by atoms with Crippen LogP contribution in [0.15, 0.2) is 24.3 Å². The van der Waals surface area contributed by atoms with E-state index in [1.165, 1.54) is 24.3 Å². The summed E-state index contributed by atoms with van der Waals surface area (Å²) >= 11 is 0. The van der Waals surface area contributed by atoms with Gasteiger partial charge < -0.3 is 0 Å². The molecule has 0 N–H and O–H groups in total. The summed E-state index contributed by atoms with van der Waals surface area (Å²) in [4.78, 5) is 14.1. The number of carbonyl (C=O) groups excluding carboxylic acids is 1. The van der Waals surface area contributed by atoms with Gasteiger partial charge in [0.1, 0.15) is 5.82 Å². The molecule has 0 atom stereocenters. The molecule has 0 spiro atoms. The predicted molar refractivity (Wildman–Crippen MR) is 67.7 cm³/mol. The number of carbonyl (C=O) groups is 1. The summed E-state index contributed by atoms with van der Waals surface area (Å²) in [6, 6.07) is 6.36. The normalized spacial score (nSPS) is 11.5. The summed E-state index contributed by atoms with van der Waals surface area (Å²) in [5.41, 5.74) is 0.567. The Hall–Kier alpha value is -1.22. The molecule has 2 nitrogen and oxygen atoms in total. The Morgan fingerprint density at radius 1 is 1.12 bits per heavy atom. The van der Waals surface area contributed by atoms with Gasteiger partial charge in [-0.05, 0) is 52.0 Å². The van der Waals surface area contributed by atoms with Crippen molar-refractivity contribution in [2.24, 2.45) is 0 Å². The SMILES string of the molecule is CC(C)N(CC(=O)c1ccc(F)cc1)C(C)C. The maximum Gasteiger partial charge on any atom is 0.176 e. The molecule has 0 saturated heterocycles. The zero-order valence-corrected chi connectivity index (χ0v) is 10.9. The minimum Gasteiger partial charge on any atom is -0.293 e. The van der Waals surface area contributed by atoms with Crippen LogP contribution >= 0.6 is 0 Å². The van der Waals surface area contributed by atoms with Crippen molar-refractivity contribution in [3.63, 3.8) is 0 Å². The molecule has 0 radical (unpaired) electrons. The van der Waals surface area contributed by atoms with E-state index in [2.05, 4.69) is 32.6 Å². The molecule has 0 unspecified atom stereocenters. The maximum absolute atomic E-state index is 12.7. The largest absolute Gasteiger partial charge is 0.293 e. The van der Waals surface area contributed by atoms with Crippen molar-refractivity contribution < 1.29 is 9.18 Å². The number of ketones is 1. The Morgan fingerprint density at radius 2 is 1.59 bits per heavy atom. The van der Waals surface area contributed by atoms with Crippen molar-refractivity contribution in [3.8, 4) is 0 Å². The smallest absolute Gasteiger partial charge is 0.176 e. The van der Waals surface area contributed by atoms with Crippen molar-refractivity contribution in [2.75, 3.05) is 6.54 Å². The topological polar surface area (TPSA) is 20.3 Å². The lowest BCUT2D eigenvalue weighted by atomic mass is 10.1. The van der Waals surface area contributed by atoms with E-state index >= 15 is 0 Å². The average molecular weight is 237 g/mol. The molecule has 3 heteroatoms. The first-order valence-electron chi connectivity index (χ1n) is 5.96. The average Bonchev–Trinajstić information content (AvgIpc) is 2.25. The first-order valence-corrected chi connectivity index (χ1v) is 5.96. The summed E-state index contributed by atoms with van der Waals surface area (Å²) in [6.07, 6.45) is 0. The van der Waals surface area contributed by atoms with Gasteiger partial charge in [-0.25, -0.2) is 4.39 Å². The molecule has 1 rings (SSSR count). The second kappa shape index (κ2) is 5.92. The summed E-state index contributed by atoms with van der Waals surface area (Å²) in [7, 11) is 0. The first-order chi connectivity index (χ1) is 7.91. The molecular weight excluding hydrogens is 217 g/mol. The van der Waals surface area contributed by atoms with Crippen molar-refractivity contribution >= 4 is 5.78 Å². The third kappa shape index (κ3) is 3.93. The van der Waals surface area contributed by atoms with Crippen LogP contribution in [0.25, 0.3) is 0 Å². The van der Waals surface area contributed by atoms with E-state index in [-0.39, 0.29) is 11.6 Å². The molecule has 0 bridgehead atoms. The van der Waals surface area contributed by atoms with E-state index < -0.39 is 0 Å². The van der Waals surface area contributed by atoms with E-state index in [1.54, 1.807) is 0 Å². The fourth-order valence-electron chi connectivity index (χ4n) is 1.85. The second-order valence-electron chi connectivity index (χ2n) is 4.79. The van der Waals surface area contributed by atoms with Crippen molar-refractivity contribution in [1.29, 1.82) is 0 Å². The number of nitrogens with zero attached hydrogens (tertiary/aromatic N) is 1. The van der Waals surface area contributed by atoms with Gasteiger partial charge in [-0.3, -0.25) is 9.69 Å². The maximum atomic E-state index is 12.7. The van der Waals surface area contributed by atoms with Crippen LogP contribution in [0.5, 0.6) is 0 Å². The minimum absolute atomic E-state index is 0.0346. The molecule has 94 valence electrons. The zero-order chi connectivity index (χ0) is 13.0. The Bertz CT molecular complexity index is 362. The molecule has 0 aromatic heterocycles. The van der Waals surface area contributed by atoms with Crippen LogP contribution in [0, 0.1) is 5.82 Å². The van der Waals surface area contributed by atoms with Gasteiger partial charge in [-0.1, -0.05) is 0 Å². The lowest BCUT2D eigenvalue weighted by molar-refractivity contribution is 0.0866. The van der Waals surface area contributed by atoms with E-state index in [9.17, 15) is 9.18 Å². The number of hydrogen-bond acceptors (Lipinski definition) is 2. The van der Waals surface area contributed by atoms with E-state index in [4.69, 9.17) is 0 Å². The molecule has 0 amide bonds. The lowest BCUT2D eigenvalue weighted by Gasteiger charge is -2.29. The van der Waals surface area contributed by atoms with Crippen LogP contribution in [0.3, 0.4) is 0 Å². The molecule has 0 aliphatic heterocycles. The van der Waals surface area contributed by atoms with E-state index in [1.807, 2.05) is 0 Å². The number of benzene rings is 1. The fraction of sp³-hybridized carbons (Fsp3) is 0.500. The number of rotatable bonds is 5. The first kappa shape index (κ1) is 13.8. The lowest BCUT2D eigenvalue weighted by Crippen LogP contribution is -2.40. The third-order valence-electron chi connectivity index (χ3n) is 2.82. The van der Waals surface area contributed by atoms with Gasteiger partial charge in [0.2, 0.25) is 0 Å². The predicted octanol–water partition coefficient (Wildman–Crippen LogP) is 3.13. The quantitative estimate of drug-likeness (QED) is 0.733. The van der Waals surface area contributed by atoms with Crippen molar-refractivity contribution in [1.82, 2.24) is 4.90 Å². The molecule has 0 heterocycles. The van der Waals surface area contributed by atoms with Crippen LogP contribution in [0.2, 0.25) is 0 Å². The van der Waals surface area contributed by atoms with Crippen LogP contribution in [-0.2, 0) is 0 Å². The highest BCUT2D eigenvalue weighted by Gasteiger charge is 2.17. The second-order valence-corrected chi connectivity index (χ2v) is 4.79. The molecular formula is C14H20FNO. The highest BCUT2D eigenvalue weighted by Crippen LogP contribution is 2.09. The highest BCUT2D eigenvalue weighted by atomic mass is 19.1. The molecule has 0 fully saturated rings. The van der Waals surface area contributed by atoms with Crippen LogP contribution in [0.4, 0.5) is 4.39 Å². The Morgan fingerprint density at radius 3 is 2.00 bits per heavy atom. The summed E-state index contributed by atoms with van der Waals surface area (Å²) in [6.45, 7) is 8.65. The van der Waals surface area contributed by atoms with Crippen molar-refractivity contribution in [3.05, 3.63) is 35.6 Å². The van der Waals surface area contributed by atoms with Gasteiger partial charge in [-0.2, -0.15) is 0 Å². The summed E-state index contributed by atoms with van der Waals surface area (Å²) in [5, 5.41) is 0. The summed E-state index contributed by atoms with van der Waals surface area (Å²) in [5.74, 6) is -0.279. The standard InChI is InChI=1S/C14H20FNO/c1-10(2)16(11(3)4)9-14(17)12-5-7-13(15)8-6-12/h5-8,10-11H,9H2,1-4H3. The van der Waals surface area contributed by atoms with Crippen molar-refractivity contribution in [2.45, 2.75) is 39.8 Å². The monoisotopic (exact) mass is 237 g/mol. The minimum atomic E-state index is -0.314. The Kier molecular flexibility index (Phi) is 4.82. The van der Waals surface area contributed by atoms with Gasteiger partial charge in [-0.15, -0.1) is 0 Å². The number of halogens is 1. The van der Waals surface area contributed by atoms with Gasteiger partial charge >= 0.3 is 0 Å². The fourth-order valence-corrected chi connectivity index (χ4v) is 1.85. The van der Waals surface area contributed by atoms with Crippen LogP contribution in [-0.4, -0.2) is 29.3 Å². The van der Waals surface area contributed by atoms with E-state index in [0.29, 0.717) is 24.2 Å². The third-order valence-corrected chi connectivity index (χ3v) is 2.82. The van der Waals surface area contributed by atoms with Gasteiger partial charge in [0.25, 0.3) is 0 Å². The molecule has 0 aliphatic carbocycles. The molecule has 0 saturated carbocycles.